The molecule has 2 heterocycles. The number of hydrogen-bond acceptors (Lipinski definition) is 5. The van der Waals surface area contributed by atoms with Crippen molar-refractivity contribution in [3.05, 3.63) is 40.9 Å². The van der Waals surface area contributed by atoms with Crippen LogP contribution in [0.4, 0.5) is 10.8 Å². The molecular formula is C15H21ClN4S. The fraction of sp³-hybridized carbons (Fsp3) is 0.400. The maximum atomic E-state index is 5.73. The Kier molecular flexibility index (Phi) is 5.08. The van der Waals surface area contributed by atoms with E-state index < -0.39 is 0 Å². The Morgan fingerprint density at radius 2 is 2.14 bits per heavy atom. The lowest BCUT2D eigenvalue weighted by Crippen LogP contribution is -2.37. The number of hydrogen-bond donors (Lipinski definition) is 1. The summed E-state index contributed by atoms with van der Waals surface area (Å²) in [5.41, 5.74) is 8.45. The van der Waals surface area contributed by atoms with Crippen molar-refractivity contribution in [1.82, 2.24) is 9.88 Å². The van der Waals surface area contributed by atoms with Crippen molar-refractivity contribution in [3.63, 3.8) is 0 Å². The zero-order chi connectivity index (χ0) is 14.1. The molecular weight excluding hydrogens is 304 g/mol. The molecule has 1 aromatic heterocycles. The monoisotopic (exact) mass is 324 g/mol. The van der Waals surface area contributed by atoms with Gasteiger partial charge < -0.3 is 10.6 Å². The van der Waals surface area contributed by atoms with Gasteiger partial charge in [0.25, 0.3) is 0 Å². The average molecular weight is 325 g/mol. The molecule has 0 saturated carbocycles. The molecule has 2 aromatic rings. The number of anilines is 2. The fourth-order valence-corrected chi connectivity index (χ4v) is 3.52. The summed E-state index contributed by atoms with van der Waals surface area (Å²) < 4.78 is 0. The van der Waals surface area contributed by atoms with E-state index in [0.717, 1.165) is 19.6 Å². The van der Waals surface area contributed by atoms with Crippen LogP contribution >= 0.6 is 23.7 Å². The van der Waals surface area contributed by atoms with Crippen molar-refractivity contribution in [1.29, 1.82) is 0 Å². The van der Waals surface area contributed by atoms with Crippen LogP contribution in [0.25, 0.3) is 0 Å². The standard InChI is InChI=1S/C15H20N4S.ClH/c1-11-8-18(2)14-6-4-3-5-12(14)9-19(11)10-13-7-17-15(16)20-13;/h3-7,11H,8-10H2,1-2H3,(H2,16,17);1H. The molecule has 1 atom stereocenters. The first-order valence-corrected chi connectivity index (χ1v) is 7.68. The molecule has 0 saturated heterocycles. The number of nitrogen functional groups attached to an aromatic ring is 1. The van der Waals surface area contributed by atoms with Crippen molar-refractivity contribution >= 4 is 34.6 Å². The summed E-state index contributed by atoms with van der Waals surface area (Å²) in [7, 11) is 2.17. The van der Waals surface area contributed by atoms with Gasteiger partial charge in [-0.05, 0) is 18.6 Å². The van der Waals surface area contributed by atoms with Gasteiger partial charge in [0, 0.05) is 49.5 Å². The van der Waals surface area contributed by atoms with E-state index in [1.165, 1.54) is 16.1 Å². The normalized spacial score (nSPS) is 18.8. The summed E-state index contributed by atoms with van der Waals surface area (Å²) in [6, 6.07) is 9.15. The number of halogens is 1. The minimum Gasteiger partial charge on any atom is -0.375 e. The number of benzene rings is 1. The SMILES string of the molecule is CC1CN(C)c2ccccc2CN1Cc1cnc(N)s1.Cl. The average Bonchev–Trinajstić information content (AvgIpc) is 2.78. The minimum atomic E-state index is 0. The molecule has 3 rings (SSSR count). The summed E-state index contributed by atoms with van der Waals surface area (Å²) in [6.45, 7) is 5.20. The molecule has 6 heteroatoms. The molecule has 1 aliphatic rings. The lowest BCUT2D eigenvalue weighted by atomic mass is 10.1. The maximum Gasteiger partial charge on any atom is 0.180 e. The van der Waals surface area contributed by atoms with E-state index in [1.807, 2.05) is 6.20 Å². The highest BCUT2D eigenvalue weighted by Crippen LogP contribution is 2.28. The fourth-order valence-electron chi connectivity index (χ4n) is 2.81. The Labute approximate surface area is 136 Å². The van der Waals surface area contributed by atoms with Gasteiger partial charge in [0.1, 0.15) is 0 Å². The van der Waals surface area contributed by atoms with Crippen LogP contribution in [-0.2, 0) is 13.1 Å². The summed E-state index contributed by atoms with van der Waals surface area (Å²) in [6.07, 6.45) is 1.90. The van der Waals surface area contributed by atoms with Gasteiger partial charge in [-0.2, -0.15) is 0 Å². The van der Waals surface area contributed by atoms with Crippen molar-refractivity contribution in [2.45, 2.75) is 26.1 Å². The van der Waals surface area contributed by atoms with E-state index >= 15 is 0 Å². The van der Waals surface area contributed by atoms with E-state index in [0.29, 0.717) is 11.2 Å². The van der Waals surface area contributed by atoms with Gasteiger partial charge in [-0.1, -0.05) is 18.2 Å². The number of rotatable bonds is 2. The van der Waals surface area contributed by atoms with Gasteiger partial charge in [-0.15, -0.1) is 23.7 Å². The molecule has 0 bridgehead atoms. The smallest absolute Gasteiger partial charge is 0.180 e. The molecule has 1 aliphatic heterocycles. The van der Waals surface area contributed by atoms with Crippen LogP contribution in [0.3, 0.4) is 0 Å². The third-order valence-electron chi connectivity index (χ3n) is 3.87. The Hall–Kier alpha value is -1.30. The summed E-state index contributed by atoms with van der Waals surface area (Å²) in [5, 5.41) is 0.653. The number of nitrogens with zero attached hydrogens (tertiary/aromatic N) is 3. The van der Waals surface area contributed by atoms with Crippen molar-refractivity contribution in [2.75, 3.05) is 24.2 Å². The second-order valence-electron chi connectivity index (χ2n) is 5.43. The second kappa shape index (κ2) is 6.64. The molecule has 0 spiro atoms. The van der Waals surface area contributed by atoms with Crippen molar-refractivity contribution in [3.8, 4) is 0 Å². The van der Waals surface area contributed by atoms with Gasteiger partial charge in [0.15, 0.2) is 5.13 Å². The first-order valence-electron chi connectivity index (χ1n) is 6.87. The van der Waals surface area contributed by atoms with E-state index in [2.05, 4.69) is 53.0 Å². The zero-order valence-corrected chi connectivity index (χ0v) is 14.0. The number of nitrogens with two attached hydrogens (primary N) is 1. The van der Waals surface area contributed by atoms with Gasteiger partial charge in [-0.25, -0.2) is 4.98 Å². The van der Waals surface area contributed by atoms with Crippen LogP contribution in [0.15, 0.2) is 30.5 Å². The maximum absolute atomic E-state index is 5.73. The van der Waals surface area contributed by atoms with Crippen LogP contribution in [-0.4, -0.2) is 29.5 Å². The molecule has 21 heavy (non-hydrogen) atoms. The first kappa shape index (κ1) is 16.1. The van der Waals surface area contributed by atoms with Gasteiger partial charge in [-0.3, -0.25) is 4.90 Å². The number of para-hydroxylation sites is 1. The van der Waals surface area contributed by atoms with Crippen molar-refractivity contribution < 1.29 is 0 Å². The van der Waals surface area contributed by atoms with Gasteiger partial charge in [0.05, 0.1) is 0 Å². The van der Waals surface area contributed by atoms with E-state index in [1.54, 1.807) is 11.3 Å². The summed E-state index contributed by atoms with van der Waals surface area (Å²) >= 11 is 1.58. The third kappa shape index (κ3) is 3.48. The van der Waals surface area contributed by atoms with E-state index in [9.17, 15) is 0 Å². The van der Waals surface area contributed by atoms with Crippen LogP contribution in [0, 0.1) is 0 Å². The number of likely N-dealkylation sites (N-methyl/N-ethyl adjacent to an activating group) is 1. The minimum absolute atomic E-state index is 0. The molecule has 1 unspecified atom stereocenters. The Morgan fingerprint density at radius 1 is 1.38 bits per heavy atom. The summed E-state index contributed by atoms with van der Waals surface area (Å²) in [4.78, 5) is 10.2. The van der Waals surface area contributed by atoms with E-state index in [4.69, 9.17) is 5.73 Å². The molecule has 0 fully saturated rings. The second-order valence-corrected chi connectivity index (χ2v) is 6.57. The highest BCUT2D eigenvalue weighted by Gasteiger charge is 2.23. The highest BCUT2D eigenvalue weighted by molar-refractivity contribution is 7.15. The molecule has 114 valence electrons. The molecule has 0 amide bonds. The third-order valence-corrected chi connectivity index (χ3v) is 4.68. The molecule has 0 radical (unpaired) electrons. The van der Waals surface area contributed by atoms with Crippen LogP contribution in [0.5, 0.6) is 0 Å². The first-order chi connectivity index (χ1) is 9.63. The Bertz CT molecular complexity index is 601. The predicted molar refractivity (Wildman–Crippen MR) is 92.2 cm³/mol. The molecule has 0 aliphatic carbocycles. The quantitative estimate of drug-likeness (QED) is 0.922. The number of aromatic nitrogens is 1. The summed E-state index contributed by atoms with van der Waals surface area (Å²) in [5.74, 6) is 0. The lowest BCUT2D eigenvalue weighted by molar-refractivity contribution is 0.201. The van der Waals surface area contributed by atoms with Crippen LogP contribution in [0.1, 0.15) is 17.4 Å². The molecule has 2 N–H and O–H groups in total. The topological polar surface area (TPSA) is 45.4 Å². The Balaban J connectivity index is 0.00000161. The molecule has 4 nitrogen and oxygen atoms in total. The lowest BCUT2D eigenvalue weighted by Gasteiger charge is -2.27. The molecule has 1 aromatic carbocycles. The Morgan fingerprint density at radius 3 is 2.86 bits per heavy atom. The number of thiazole rings is 1. The van der Waals surface area contributed by atoms with Crippen LogP contribution < -0.4 is 10.6 Å². The van der Waals surface area contributed by atoms with Gasteiger partial charge >= 0.3 is 0 Å². The number of fused-ring (bicyclic) bond motifs is 1. The van der Waals surface area contributed by atoms with Crippen LogP contribution in [0.2, 0.25) is 0 Å². The van der Waals surface area contributed by atoms with E-state index in [-0.39, 0.29) is 12.4 Å². The largest absolute Gasteiger partial charge is 0.375 e. The zero-order valence-electron chi connectivity index (χ0n) is 12.3. The van der Waals surface area contributed by atoms with Gasteiger partial charge in [0.2, 0.25) is 0 Å². The van der Waals surface area contributed by atoms with Crippen molar-refractivity contribution in [2.24, 2.45) is 0 Å². The predicted octanol–water partition coefficient (Wildman–Crippen LogP) is 2.99. The highest BCUT2D eigenvalue weighted by atomic mass is 35.5.